The average molecular weight is 270 g/mol. The van der Waals surface area contributed by atoms with E-state index in [-0.39, 0.29) is 6.10 Å². The summed E-state index contributed by atoms with van der Waals surface area (Å²) in [6, 6.07) is 7.99. The van der Waals surface area contributed by atoms with Crippen molar-refractivity contribution in [3.63, 3.8) is 0 Å². The molecule has 2 rings (SSSR count). The number of alkyl halides is 1. The fourth-order valence-corrected chi connectivity index (χ4v) is 2.15. The van der Waals surface area contributed by atoms with Crippen molar-refractivity contribution in [2.24, 2.45) is 0 Å². The fourth-order valence-electron chi connectivity index (χ4n) is 1.95. The van der Waals surface area contributed by atoms with E-state index in [9.17, 15) is 4.79 Å². The quantitative estimate of drug-likeness (QED) is 0.648. The number of esters is 1. The Morgan fingerprint density at radius 1 is 1.61 bits per heavy atom. The second-order valence-electron chi connectivity index (χ2n) is 4.20. The number of para-hydroxylation sites is 1. The van der Waals surface area contributed by atoms with Crippen LogP contribution in [-0.4, -0.2) is 37.6 Å². The Kier molecular flexibility index (Phi) is 4.44. The third-order valence-corrected chi connectivity index (χ3v) is 3.20. The summed E-state index contributed by atoms with van der Waals surface area (Å²) in [6.45, 7) is 1.04. The molecular weight excluding hydrogens is 254 g/mol. The van der Waals surface area contributed by atoms with Crippen LogP contribution in [0.1, 0.15) is 5.56 Å². The molecule has 2 unspecified atom stereocenters. The van der Waals surface area contributed by atoms with Gasteiger partial charge >= 0.3 is 5.97 Å². The van der Waals surface area contributed by atoms with Crippen molar-refractivity contribution in [3.8, 4) is 5.75 Å². The van der Waals surface area contributed by atoms with Crippen molar-refractivity contribution in [2.75, 3.05) is 20.2 Å². The predicted molar refractivity (Wildman–Crippen MR) is 69.1 cm³/mol. The van der Waals surface area contributed by atoms with E-state index in [1.54, 1.807) is 0 Å². The number of carbonyl (C=O) groups excluding carboxylic acids is 1. The first-order valence-electron chi connectivity index (χ1n) is 5.88. The molecule has 0 radical (unpaired) electrons. The van der Waals surface area contributed by atoms with Crippen molar-refractivity contribution in [3.05, 3.63) is 29.8 Å². The van der Waals surface area contributed by atoms with Crippen LogP contribution in [0.2, 0.25) is 0 Å². The van der Waals surface area contributed by atoms with E-state index in [2.05, 4.69) is 16.1 Å². The zero-order chi connectivity index (χ0) is 13.0. The van der Waals surface area contributed by atoms with Crippen LogP contribution in [0.5, 0.6) is 5.75 Å². The highest BCUT2D eigenvalue weighted by atomic mass is 35.5. The summed E-state index contributed by atoms with van der Waals surface area (Å²) in [7, 11) is 1.33. The highest BCUT2D eigenvalue weighted by Gasteiger charge is 2.22. The number of rotatable bonds is 5. The summed E-state index contributed by atoms with van der Waals surface area (Å²) in [5, 5.41) is 2.47. The van der Waals surface area contributed by atoms with Gasteiger partial charge in [0.1, 0.15) is 17.2 Å². The molecule has 1 aliphatic rings. The first-order valence-corrected chi connectivity index (χ1v) is 6.31. The van der Waals surface area contributed by atoms with Gasteiger partial charge in [-0.15, -0.1) is 11.6 Å². The lowest BCUT2D eigenvalue weighted by Crippen LogP contribution is -2.36. The number of methoxy groups -OCH3 is 1. The van der Waals surface area contributed by atoms with Gasteiger partial charge in [0.05, 0.1) is 7.11 Å². The maximum absolute atomic E-state index is 11.1. The lowest BCUT2D eigenvalue weighted by atomic mass is 10.1. The SMILES string of the molecule is COC(=O)C(Cl)CNCC1Cc2ccccc2O1. The molecule has 0 fully saturated rings. The molecule has 1 heterocycles. The lowest BCUT2D eigenvalue weighted by molar-refractivity contribution is -0.140. The first kappa shape index (κ1) is 13.2. The molecular formula is C13H16ClNO3. The molecule has 1 aromatic carbocycles. The number of benzene rings is 1. The van der Waals surface area contributed by atoms with E-state index in [0.29, 0.717) is 13.1 Å². The molecule has 98 valence electrons. The highest BCUT2D eigenvalue weighted by molar-refractivity contribution is 6.30. The highest BCUT2D eigenvalue weighted by Crippen LogP contribution is 2.27. The van der Waals surface area contributed by atoms with Crippen LogP contribution < -0.4 is 10.1 Å². The molecule has 0 aromatic heterocycles. The minimum Gasteiger partial charge on any atom is -0.488 e. The van der Waals surface area contributed by atoms with Gasteiger partial charge in [0.15, 0.2) is 0 Å². The van der Waals surface area contributed by atoms with Crippen molar-refractivity contribution in [1.29, 1.82) is 0 Å². The van der Waals surface area contributed by atoms with Crippen LogP contribution in [0.3, 0.4) is 0 Å². The zero-order valence-corrected chi connectivity index (χ0v) is 10.9. The molecule has 1 aromatic rings. The molecule has 4 nitrogen and oxygen atoms in total. The van der Waals surface area contributed by atoms with Crippen LogP contribution in [0.25, 0.3) is 0 Å². The normalized spacial score (nSPS) is 18.9. The average Bonchev–Trinajstić information content (AvgIpc) is 2.80. The van der Waals surface area contributed by atoms with Crippen LogP contribution in [-0.2, 0) is 16.0 Å². The lowest BCUT2D eigenvalue weighted by Gasteiger charge is -2.13. The van der Waals surface area contributed by atoms with E-state index in [1.165, 1.54) is 12.7 Å². The van der Waals surface area contributed by atoms with Gasteiger partial charge in [-0.3, -0.25) is 4.79 Å². The third-order valence-electron chi connectivity index (χ3n) is 2.87. The number of hydrogen-bond donors (Lipinski definition) is 1. The van der Waals surface area contributed by atoms with Crippen molar-refractivity contribution in [1.82, 2.24) is 5.32 Å². The van der Waals surface area contributed by atoms with Crippen LogP contribution >= 0.6 is 11.6 Å². The Labute approximate surface area is 111 Å². The van der Waals surface area contributed by atoms with Gasteiger partial charge in [0.2, 0.25) is 0 Å². The van der Waals surface area contributed by atoms with Crippen molar-refractivity contribution < 1.29 is 14.3 Å². The number of fused-ring (bicyclic) bond motifs is 1. The van der Waals surface area contributed by atoms with Crippen molar-refractivity contribution in [2.45, 2.75) is 17.9 Å². The second kappa shape index (κ2) is 6.07. The number of nitrogens with one attached hydrogen (secondary N) is 1. The Bertz CT molecular complexity index is 399. The number of ether oxygens (including phenoxy) is 2. The molecule has 0 saturated heterocycles. The summed E-state index contributed by atoms with van der Waals surface area (Å²) < 4.78 is 10.3. The summed E-state index contributed by atoms with van der Waals surface area (Å²) in [4.78, 5) is 11.1. The molecule has 1 N–H and O–H groups in total. The summed E-state index contributed by atoms with van der Waals surface area (Å²) in [6.07, 6.45) is 0.984. The van der Waals surface area contributed by atoms with Crippen molar-refractivity contribution >= 4 is 17.6 Å². The van der Waals surface area contributed by atoms with Gasteiger partial charge < -0.3 is 14.8 Å². The van der Waals surface area contributed by atoms with Gasteiger partial charge in [-0.2, -0.15) is 0 Å². The first-order chi connectivity index (χ1) is 8.70. The molecule has 0 saturated carbocycles. The minimum atomic E-state index is -0.654. The Balaban J connectivity index is 1.73. The Morgan fingerprint density at radius 2 is 2.39 bits per heavy atom. The van der Waals surface area contributed by atoms with Gasteiger partial charge in [0.25, 0.3) is 0 Å². The van der Waals surface area contributed by atoms with Crippen LogP contribution in [0, 0.1) is 0 Å². The fraction of sp³-hybridized carbons (Fsp3) is 0.462. The minimum absolute atomic E-state index is 0.101. The van der Waals surface area contributed by atoms with Gasteiger partial charge in [-0.25, -0.2) is 0 Å². The van der Waals surface area contributed by atoms with Crippen LogP contribution in [0.15, 0.2) is 24.3 Å². The Morgan fingerprint density at radius 3 is 3.11 bits per heavy atom. The smallest absolute Gasteiger partial charge is 0.325 e. The van der Waals surface area contributed by atoms with Gasteiger partial charge in [-0.05, 0) is 11.6 Å². The molecule has 0 aliphatic carbocycles. The maximum Gasteiger partial charge on any atom is 0.325 e. The maximum atomic E-state index is 11.1. The van der Waals surface area contributed by atoms with Crippen LogP contribution in [0.4, 0.5) is 0 Å². The van der Waals surface area contributed by atoms with E-state index < -0.39 is 11.3 Å². The second-order valence-corrected chi connectivity index (χ2v) is 4.73. The number of carbonyl (C=O) groups is 1. The topological polar surface area (TPSA) is 47.6 Å². The largest absolute Gasteiger partial charge is 0.488 e. The number of halogens is 1. The third kappa shape index (κ3) is 3.15. The molecule has 1 aliphatic heterocycles. The van der Waals surface area contributed by atoms with E-state index in [4.69, 9.17) is 16.3 Å². The molecule has 18 heavy (non-hydrogen) atoms. The summed E-state index contributed by atoms with van der Waals surface area (Å²) in [5.41, 5.74) is 1.22. The predicted octanol–water partition coefficient (Wildman–Crippen LogP) is 1.36. The number of hydrogen-bond acceptors (Lipinski definition) is 4. The molecule has 0 spiro atoms. The Hall–Kier alpha value is -1.26. The summed E-state index contributed by atoms with van der Waals surface area (Å²) >= 11 is 5.83. The summed E-state index contributed by atoms with van der Waals surface area (Å²) in [5.74, 6) is 0.527. The van der Waals surface area contributed by atoms with E-state index in [0.717, 1.165) is 12.2 Å². The van der Waals surface area contributed by atoms with E-state index >= 15 is 0 Å². The van der Waals surface area contributed by atoms with Gasteiger partial charge in [-0.1, -0.05) is 18.2 Å². The molecule has 5 heteroatoms. The molecule has 0 bridgehead atoms. The zero-order valence-electron chi connectivity index (χ0n) is 10.2. The standard InChI is InChI=1S/C13H16ClNO3/c1-17-13(16)11(14)8-15-7-10-6-9-4-2-3-5-12(9)18-10/h2-5,10-11,15H,6-8H2,1H3. The monoisotopic (exact) mass is 269 g/mol. The van der Waals surface area contributed by atoms with E-state index in [1.807, 2.05) is 18.2 Å². The molecule has 2 atom stereocenters. The molecule has 0 amide bonds. The van der Waals surface area contributed by atoms with Gasteiger partial charge in [0, 0.05) is 19.5 Å².